The van der Waals surface area contributed by atoms with E-state index in [1.165, 1.54) is 115 Å². The topological polar surface area (TPSA) is 134 Å². The van der Waals surface area contributed by atoms with Crippen LogP contribution in [0.25, 0.3) is 144 Å². The van der Waals surface area contributed by atoms with Gasteiger partial charge in [-0.3, -0.25) is 24.9 Å². The van der Waals surface area contributed by atoms with Crippen molar-refractivity contribution in [2.45, 2.75) is 32.7 Å². The number of pyridine rings is 10. The van der Waals surface area contributed by atoms with Crippen molar-refractivity contribution in [1.82, 2.24) is 60.6 Å². The second kappa shape index (κ2) is 22.0. The predicted octanol–water partition coefficient (Wildman–Crippen LogP) is 13.1. The van der Waals surface area contributed by atoms with Crippen molar-refractivity contribution < 1.29 is 31.4 Å². The molecule has 0 saturated heterocycles. The highest BCUT2D eigenvalue weighted by Crippen LogP contribution is 2.40. The van der Waals surface area contributed by atoms with Gasteiger partial charge in [-0.15, -0.1) is 0 Å². The lowest BCUT2D eigenvalue weighted by Crippen LogP contribution is -2.32. The summed E-state index contributed by atoms with van der Waals surface area (Å²) in [5.41, 5.74) is 29.3. The van der Waals surface area contributed by atoms with Gasteiger partial charge in [0.25, 0.3) is 23.2 Å². The SMILES string of the molecule is Cn1c2[n+](c3c1cn1ccccc31)Cc1cnccc1-2.[2H]C([2H])([2H])n1c2[n+](c3c1cn1ccccc31)Cc1cnccc1-2.c1ccc(-n2c3[n+](c4c2cc2ccccn24)Cc2cnccc2-3)cc1.c1ccn2c(c1)cc1oc3[n+](c12)Cc1cnccc1-3.c1ccn2c(c1)cc1sc3[n+](c12)Cc1cnccc1-3. The third-order valence-electron chi connectivity index (χ3n) is 21.1. The number of aryl methyl sites for hydroxylation is 2. The Morgan fingerprint density at radius 1 is 0.398 bits per heavy atom. The first-order valence-corrected chi connectivity index (χ1v) is 35.1. The molecule has 20 heteroatoms. The van der Waals surface area contributed by atoms with Gasteiger partial charge in [-0.25, -0.2) is 36.4 Å². The van der Waals surface area contributed by atoms with Crippen LogP contribution in [0.4, 0.5) is 0 Å². The van der Waals surface area contributed by atoms with Crippen LogP contribution in [-0.4, -0.2) is 60.6 Å². The molecule has 5 aliphatic rings. The lowest BCUT2D eigenvalue weighted by atomic mass is 10.1. The van der Waals surface area contributed by atoms with Crippen molar-refractivity contribution in [2.75, 3.05) is 0 Å². The second-order valence-corrected chi connectivity index (χ2v) is 27.7. The molecule has 0 atom stereocenters. The van der Waals surface area contributed by atoms with Crippen molar-refractivity contribution in [3.8, 4) is 61.9 Å². The molecule has 103 heavy (non-hydrogen) atoms. The number of aromatic nitrogens is 18. The average Bonchev–Trinajstić information content (AvgIpc) is 1.57. The summed E-state index contributed by atoms with van der Waals surface area (Å²) in [6.07, 6.45) is 33.3. The maximum atomic E-state index is 8.01. The van der Waals surface area contributed by atoms with E-state index in [2.05, 4.69) is 240 Å². The number of oxazole rings is 1. The normalized spacial score (nSPS) is 13.5. The number of hydrogen-bond acceptors (Lipinski definition) is 7. The zero-order valence-corrected chi connectivity index (χ0v) is 56.2. The molecule has 26 rings (SSSR count). The van der Waals surface area contributed by atoms with Crippen molar-refractivity contribution in [2.24, 2.45) is 14.0 Å². The number of thiazole rings is 1. The van der Waals surface area contributed by atoms with Gasteiger partial charge in [0, 0.05) is 126 Å². The number of hydrogen-bond donors (Lipinski definition) is 0. The number of rotatable bonds is 1. The van der Waals surface area contributed by atoms with Gasteiger partial charge in [0.15, 0.2) is 21.6 Å². The van der Waals surface area contributed by atoms with Crippen LogP contribution in [0.3, 0.4) is 0 Å². The van der Waals surface area contributed by atoms with Crippen LogP contribution < -0.4 is 22.8 Å². The summed E-state index contributed by atoms with van der Waals surface area (Å²) in [6, 6.07) is 58.6. The molecule has 0 bridgehead atoms. The van der Waals surface area contributed by atoms with E-state index in [1.807, 2.05) is 126 Å². The van der Waals surface area contributed by atoms with Gasteiger partial charge in [0.2, 0.25) is 22.4 Å². The Hall–Kier alpha value is -13.5. The number of fused-ring (bicyclic) bond motifs is 35. The Kier molecular flexibility index (Phi) is 11.6. The Morgan fingerprint density at radius 3 is 1.49 bits per heavy atom. The fourth-order valence-corrected chi connectivity index (χ4v) is 17.9. The van der Waals surface area contributed by atoms with E-state index in [1.54, 1.807) is 6.20 Å². The zero-order valence-electron chi connectivity index (χ0n) is 58.4. The Bertz CT molecular complexity index is 7080. The number of benzene rings is 1. The smallest absolute Gasteiger partial charge is 0.333 e. The maximum Gasteiger partial charge on any atom is 0.333 e. The predicted molar refractivity (Wildman–Crippen MR) is 395 cm³/mol. The minimum atomic E-state index is -2.24. The lowest BCUT2D eigenvalue weighted by Gasteiger charge is -2.03. The molecule has 20 aromatic heterocycles. The Balaban J connectivity index is 0.0000000830. The fraction of sp³-hybridized carbons (Fsp3) is 0.0843. The summed E-state index contributed by atoms with van der Waals surface area (Å²) in [6.45, 7) is 1.92. The van der Waals surface area contributed by atoms with Gasteiger partial charge in [-0.1, -0.05) is 59.9 Å². The monoisotopic (exact) mass is 1360 g/mol. The molecular weight excluding hydrogens is 1300 g/mol. The summed E-state index contributed by atoms with van der Waals surface area (Å²) in [7, 11) is 2.14. The Morgan fingerprint density at radius 2 is 0.864 bits per heavy atom. The maximum absolute atomic E-state index is 8.01. The van der Waals surface area contributed by atoms with Crippen LogP contribution in [0.1, 0.15) is 31.9 Å². The molecule has 0 aliphatic carbocycles. The van der Waals surface area contributed by atoms with Gasteiger partial charge < -0.3 is 13.2 Å². The van der Waals surface area contributed by atoms with E-state index < -0.39 is 6.98 Å². The number of imidazole rings is 3. The van der Waals surface area contributed by atoms with Gasteiger partial charge in [0.1, 0.15) is 53.1 Å². The first-order chi connectivity index (χ1) is 52.1. The molecule has 0 radical (unpaired) electrons. The van der Waals surface area contributed by atoms with E-state index in [9.17, 15) is 0 Å². The summed E-state index contributed by atoms with van der Waals surface area (Å²) in [4.78, 5) is 21.2. The molecule has 490 valence electrons. The summed E-state index contributed by atoms with van der Waals surface area (Å²) in [5, 5.41) is 1.35. The lowest BCUT2D eigenvalue weighted by molar-refractivity contribution is -0.651. The molecule has 19 nitrogen and oxygen atoms in total. The van der Waals surface area contributed by atoms with Crippen LogP contribution in [0.15, 0.2) is 280 Å². The van der Waals surface area contributed by atoms with E-state index >= 15 is 0 Å². The number of para-hydroxylation sites is 1. The summed E-state index contributed by atoms with van der Waals surface area (Å²) in [5.74, 6) is 4.17. The Labute approximate surface area is 594 Å². The zero-order chi connectivity index (χ0) is 70.2. The van der Waals surface area contributed by atoms with Gasteiger partial charge in [0.05, 0.1) is 89.0 Å². The molecule has 0 saturated carbocycles. The quantitative estimate of drug-likeness (QED) is 0.150. The van der Waals surface area contributed by atoms with Crippen molar-refractivity contribution in [3.05, 3.63) is 303 Å². The molecule has 1 aromatic carbocycles. The summed E-state index contributed by atoms with van der Waals surface area (Å²) >= 11 is 1.87. The molecule has 0 fully saturated rings. The molecular formula is C83H61N18OS+5. The summed E-state index contributed by atoms with van der Waals surface area (Å²) < 4.78 is 59.9. The van der Waals surface area contributed by atoms with Gasteiger partial charge in [-0.2, -0.15) is 13.4 Å². The molecule has 0 N–H and O–H groups in total. The largest absolute Gasteiger partial charge is 0.414 e. The standard InChI is InChI=1S/C21H15N4.2C16H13N4.C15H10N3O.C15H10N3S/c1-2-6-16(7-3-1)25-19-12-17-8-4-5-11-23(17)21(19)24-14-15-13-22-10-9-18(15)20(24)25;2*1-18-14-10-19-7-3-2-4-13(19)15(14)20-9-11-8-17-6-5-12(11)16(18)20;2*1-2-6-17-11(3-1)7-13-14(17)18-9-10-8-16-5-4-12(10)15(18)19-13/h1-13H,14H2;2*2-8,10H,9H2,1H3;2*1-8H,9H2/q5*+1/i;1D3;;;. The molecule has 0 amide bonds. The molecule has 25 heterocycles. The van der Waals surface area contributed by atoms with E-state index in [0.29, 0.717) is 6.54 Å². The van der Waals surface area contributed by atoms with Crippen molar-refractivity contribution >= 4 is 93.7 Å². The third kappa shape index (κ3) is 8.43. The number of nitrogens with zero attached hydrogens (tertiary/aromatic N) is 18. The van der Waals surface area contributed by atoms with Gasteiger partial charge >= 0.3 is 11.3 Å². The molecule has 0 spiro atoms. The van der Waals surface area contributed by atoms with Crippen LogP contribution in [0, 0.1) is 0 Å². The van der Waals surface area contributed by atoms with E-state index in [0.717, 1.165) is 87.9 Å². The first-order valence-electron chi connectivity index (χ1n) is 35.8. The highest BCUT2D eigenvalue weighted by Gasteiger charge is 2.39. The van der Waals surface area contributed by atoms with Crippen LogP contribution in [-0.2, 0) is 46.7 Å². The van der Waals surface area contributed by atoms with Crippen LogP contribution in [0.2, 0.25) is 0 Å². The first kappa shape index (κ1) is 54.5. The van der Waals surface area contributed by atoms with Crippen LogP contribution in [0.5, 0.6) is 0 Å². The van der Waals surface area contributed by atoms with Gasteiger partial charge in [-0.05, 0) is 103 Å². The second-order valence-electron chi connectivity index (χ2n) is 26.7. The minimum Gasteiger partial charge on any atom is -0.414 e. The fourth-order valence-electron chi connectivity index (χ4n) is 16.6. The van der Waals surface area contributed by atoms with Crippen molar-refractivity contribution in [3.63, 3.8) is 0 Å². The van der Waals surface area contributed by atoms with E-state index in [-0.39, 0.29) is 0 Å². The van der Waals surface area contributed by atoms with Crippen LogP contribution >= 0.6 is 11.3 Å². The van der Waals surface area contributed by atoms with Crippen molar-refractivity contribution in [1.29, 1.82) is 0 Å². The average molecular weight is 1360 g/mol. The molecule has 0 unspecified atom stereocenters. The van der Waals surface area contributed by atoms with E-state index in [4.69, 9.17) is 8.53 Å². The third-order valence-corrected chi connectivity index (χ3v) is 22.2. The molecule has 21 aromatic rings. The molecule has 5 aliphatic heterocycles. The highest BCUT2D eigenvalue weighted by molar-refractivity contribution is 7.21. The minimum absolute atomic E-state index is 0.645. The highest BCUT2D eigenvalue weighted by atomic mass is 32.1.